The molecule has 1 saturated heterocycles. The van der Waals surface area contributed by atoms with Gasteiger partial charge < -0.3 is 15.0 Å². The molecule has 2 N–H and O–H groups in total. The van der Waals surface area contributed by atoms with Crippen molar-refractivity contribution in [3.63, 3.8) is 0 Å². The van der Waals surface area contributed by atoms with Gasteiger partial charge in [0.05, 0.1) is 24.6 Å². The molecule has 0 saturated carbocycles. The van der Waals surface area contributed by atoms with Gasteiger partial charge in [0, 0.05) is 42.0 Å². The number of hydrogen-bond donors (Lipinski definition) is 2. The molecule has 32 heavy (non-hydrogen) atoms. The summed E-state index contributed by atoms with van der Waals surface area (Å²) in [4.78, 5) is 25.0. The summed E-state index contributed by atoms with van der Waals surface area (Å²) in [5.74, 6) is 0.674. The summed E-state index contributed by atoms with van der Waals surface area (Å²) < 4.78 is 5.47. The Morgan fingerprint density at radius 2 is 1.97 bits per heavy atom. The van der Waals surface area contributed by atoms with Gasteiger partial charge in [-0.25, -0.2) is 4.98 Å². The van der Waals surface area contributed by atoms with Gasteiger partial charge in [0.15, 0.2) is 0 Å². The molecule has 0 bridgehead atoms. The Labute approximate surface area is 194 Å². The third-order valence-electron chi connectivity index (χ3n) is 5.87. The van der Waals surface area contributed by atoms with E-state index in [4.69, 9.17) is 9.72 Å². The molecule has 0 radical (unpaired) electrons. The van der Waals surface area contributed by atoms with E-state index < -0.39 is 0 Å². The van der Waals surface area contributed by atoms with Crippen LogP contribution in [0.4, 0.5) is 0 Å². The van der Waals surface area contributed by atoms with Crippen molar-refractivity contribution in [1.82, 2.24) is 20.2 Å². The zero-order chi connectivity index (χ0) is 21.9. The normalized spacial score (nSPS) is 15.9. The molecule has 5 rings (SSSR count). The van der Waals surface area contributed by atoms with E-state index in [9.17, 15) is 4.79 Å². The Morgan fingerprint density at radius 1 is 1.16 bits per heavy atom. The second-order valence-electron chi connectivity index (χ2n) is 8.02. The zero-order valence-electron chi connectivity index (χ0n) is 18.0. The second kappa shape index (κ2) is 9.64. The molecule has 3 aromatic heterocycles. The molecule has 0 amide bonds. The summed E-state index contributed by atoms with van der Waals surface area (Å²) in [5, 5.41) is 8.29. The number of rotatable bonds is 7. The van der Waals surface area contributed by atoms with Crippen LogP contribution in [0.5, 0.6) is 0 Å². The third kappa shape index (κ3) is 4.55. The van der Waals surface area contributed by atoms with Crippen LogP contribution >= 0.6 is 22.7 Å². The van der Waals surface area contributed by atoms with Crippen LogP contribution in [0.15, 0.2) is 52.0 Å². The Balaban J connectivity index is 1.32. The summed E-state index contributed by atoms with van der Waals surface area (Å²) >= 11 is 3.16. The van der Waals surface area contributed by atoms with Crippen molar-refractivity contribution in [1.29, 1.82) is 0 Å². The van der Waals surface area contributed by atoms with Crippen LogP contribution in [0.2, 0.25) is 0 Å². The highest BCUT2D eigenvalue weighted by molar-refractivity contribution is 7.18. The van der Waals surface area contributed by atoms with Crippen LogP contribution in [0.25, 0.3) is 20.7 Å². The van der Waals surface area contributed by atoms with E-state index in [-0.39, 0.29) is 11.6 Å². The van der Waals surface area contributed by atoms with Crippen LogP contribution in [0.3, 0.4) is 0 Å². The molecule has 4 heterocycles. The van der Waals surface area contributed by atoms with Gasteiger partial charge in [-0.05, 0) is 29.5 Å². The molecule has 1 aliphatic heterocycles. The maximum atomic E-state index is 12.9. The van der Waals surface area contributed by atoms with E-state index in [2.05, 4.69) is 39.5 Å². The van der Waals surface area contributed by atoms with Gasteiger partial charge in [-0.1, -0.05) is 30.3 Å². The van der Waals surface area contributed by atoms with Gasteiger partial charge in [0.1, 0.15) is 10.7 Å². The fourth-order valence-electron chi connectivity index (χ4n) is 4.03. The fourth-order valence-corrected chi connectivity index (χ4v) is 5.80. The number of H-pyrrole nitrogens is 1. The van der Waals surface area contributed by atoms with Crippen molar-refractivity contribution < 1.29 is 4.74 Å². The van der Waals surface area contributed by atoms with E-state index in [1.807, 2.05) is 29.8 Å². The summed E-state index contributed by atoms with van der Waals surface area (Å²) in [5.41, 5.74) is 3.49. The lowest BCUT2D eigenvalue weighted by atomic mass is 10.1. The first-order valence-corrected chi connectivity index (χ1v) is 12.6. The summed E-state index contributed by atoms with van der Waals surface area (Å²) in [6, 6.07) is 12.5. The first kappa shape index (κ1) is 21.5. The van der Waals surface area contributed by atoms with Crippen molar-refractivity contribution in [2.24, 2.45) is 0 Å². The van der Waals surface area contributed by atoms with Crippen LogP contribution in [-0.2, 0) is 17.8 Å². The van der Waals surface area contributed by atoms with E-state index >= 15 is 0 Å². The van der Waals surface area contributed by atoms with Crippen molar-refractivity contribution in [2.75, 3.05) is 26.3 Å². The molecule has 4 aromatic rings. The number of nitrogens with zero attached hydrogens (tertiary/aromatic N) is 2. The number of morpholine rings is 1. The molecule has 1 fully saturated rings. The molecular weight excluding hydrogens is 440 g/mol. The quantitative estimate of drug-likeness (QED) is 0.423. The first-order valence-electron chi connectivity index (χ1n) is 10.8. The maximum Gasteiger partial charge on any atom is 0.260 e. The highest BCUT2D eigenvalue weighted by atomic mass is 32.1. The van der Waals surface area contributed by atoms with Crippen LogP contribution < -0.4 is 10.9 Å². The van der Waals surface area contributed by atoms with Crippen molar-refractivity contribution in [3.8, 4) is 10.4 Å². The lowest BCUT2D eigenvalue weighted by molar-refractivity contribution is 0.0340. The molecule has 1 unspecified atom stereocenters. The lowest BCUT2D eigenvalue weighted by Crippen LogP contribution is -2.36. The van der Waals surface area contributed by atoms with E-state index in [0.717, 1.165) is 48.1 Å². The minimum atomic E-state index is -0.0733. The number of thiophene rings is 2. The monoisotopic (exact) mass is 466 g/mol. The van der Waals surface area contributed by atoms with E-state index in [1.165, 1.54) is 22.5 Å². The van der Waals surface area contributed by atoms with E-state index in [0.29, 0.717) is 17.8 Å². The molecule has 6 nitrogen and oxygen atoms in total. The van der Waals surface area contributed by atoms with E-state index in [1.54, 1.807) is 11.3 Å². The van der Waals surface area contributed by atoms with Crippen molar-refractivity contribution in [3.05, 3.63) is 74.5 Å². The van der Waals surface area contributed by atoms with Gasteiger partial charge in [-0.2, -0.15) is 0 Å². The summed E-state index contributed by atoms with van der Waals surface area (Å²) in [7, 11) is 0. The molecule has 166 valence electrons. The number of hydrogen-bond acceptors (Lipinski definition) is 7. The standard InChI is InChI=1S/C24H26N4O2S2/c1-16(25-13-17-5-2-3-6-18(17)14-28-8-10-30-11-9-28)22-26-23(29)21-19(15-32-24(21)27-22)20-7-4-12-31-20/h2-7,12,15-16,25H,8-11,13-14H2,1H3,(H,26,27,29). The molecule has 0 aliphatic carbocycles. The number of fused-ring (bicyclic) bond motifs is 1. The van der Waals surface area contributed by atoms with Gasteiger partial charge >= 0.3 is 0 Å². The zero-order valence-corrected chi connectivity index (χ0v) is 19.6. The number of nitrogens with one attached hydrogen (secondary N) is 2. The minimum absolute atomic E-state index is 0.0731. The third-order valence-corrected chi connectivity index (χ3v) is 7.65. The Hall–Kier alpha value is -2.36. The van der Waals surface area contributed by atoms with Crippen molar-refractivity contribution >= 4 is 32.9 Å². The first-order chi connectivity index (χ1) is 15.7. The molecule has 1 aliphatic rings. The average Bonchev–Trinajstić information content (AvgIpc) is 3.49. The maximum absolute atomic E-state index is 12.9. The fraction of sp³-hybridized carbons (Fsp3) is 0.333. The minimum Gasteiger partial charge on any atom is -0.379 e. The molecule has 0 spiro atoms. The molecule has 1 aromatic carbocycles. The summed E-state index contributed by atoms with van der Waals surface area (Å²) in [6.07, 6.45) is 0. The highest BCUT2D eigenvalue weighted by Crippen LogP contribution is 2.33. The van der Waals surface area contributed by atoms with Crippen LogP contribution in [0.1, 0.15) is 29.9 Å². The van der Waals surface area contributed by atoms with Gasteiger partial charge in [-0.3, -0.25) is 9.69 Å². The Morgan fingerprint density at radius 3 is 2.75 bits per heavy atom. The average molecular weight is 467 g/mol. The second-order valence-corrected chi connectivity index (χ2v) is 9.82. The summed E-state index contributed by atoms with van der Waals surface area (Å²) in [6.45, 7) is 7.23. The predicted molar refractivity (Wildman–Crippen MR) is 131 cm³/mol. The van der Waals surface area contributed by atoms with Crippen molar-refractivity contribution in [2.45, 2.75) is 26.1 Å². The molecular formula is C24H26N4O2S2. The number of aromatic nitrogens is 2. The predicted octanol–water partition coefficient (Wildman–Crippen LogP) is 4.40. The Kier molecular flexibility index (Phi) is 6.47. The number of benzene rings is 1. The van der Waals surface area contributed by atoms with Crippen LogP contribution in [-0.4, -0.2) is 41.2 Å². The SMILES string of the molecule is CC(NCc1ccccc1CN1CCOCC1)c1nc2scc(-c3cccs3)c2c(=O)[nH]1. The molecule has 1 atom stereocenters. The Bertz CT molecular complexity index is 1240. The smallest absolute Gasteiger partial charge is 0.260 e. The highest BCUT2D eigenvalue weighted by Gasteiger charge is 2.17. The molecule has 8 heteroatoms. The van der Waals surface area contributed by atoms with Crippen LogP contribution in [0, 0.1) is 0 Å². The lowest BCUT2D eigenvalue weighted by Gasteiger charge is -2.27. The number of ether oxygens (including phenoxy) is 1. The van der Waals surface area contributed by atoms with Gasteiger partial charge in [-0.15, -0.1) is 22.7 Å². The van der Waals surface area contributed by atoms with Gasteiger partial charge in [0.25, 0.3) is 5.56 Å². The topological polar surface area (TPSA) is 70.2 Å². The number of aromatic amines is 1. The van der Waals surface area contributed by atoms with Gasteiger partial charge in [0.2, 0.25) is 0 Å². The largest absolute Gasteiger partial charge is 0.379 e.